The fraction of sp³-hybridized carbons (Fsp3) is 0.444. The first kappa shape index (κ1) is 16.1. The van der Waals surface area contributed by atoms with Gasteiger partial charge in [0.15, 0.2) is 0 Å². The fourth-order valence-corrected chi connectivity index (χ4v) is 4.01. The van der Waals surface area contributed by atoms with Gasteiger partial charge in [-0.05, 0) is 31.5 Å². The van der Waals surface area contributed by atoms with Gasteiger partial charge < -0.3 is 4.74 Å². The molecule has 120 valence electrons. The summed E-state index contributed by atoms with van der Waals surface area (Å²) in [5.74, 6) is 0. The lowest BCUT2D eigenvalue weighted by Crippen LogP contribution is -2.44. The van der Waals surface area contributed by atoms with Crippen LogP contribution in [0, 0.1) is 11.3 Å². The largest absolute Gasteiger partial charge is 0.373 e. The summed E-state index contributed by atoms with van der Waals surface area (Å²) in [6.45, 7) is 7.17. The van der Waals surface area contributed by atoms with Crippen molar-refractivity contribution >= 4 is 11.3 Å². The third kappa shape index (κ3) is 4.38. The molecule has 0 radical (unpaired) electrons. The van der Waals surface area contributed by atoms with E-state index in [1.54, 1.807) is 11.3 Å². The number of rotatable bonds is 4. The van der Waals surface area contributed by atoms with Crippen molar-refractivity contribution in [3.8, 4) is 6.07 Å². The Morgan fingerprint density at radius 3 is 2.61 bits per heavy atom. The van der Waals surface area contributed by atoms with Crippen LogP contribution in [-0.2, 0) is 17.7 Å². The highest BCUT2D eigenvalue weighted by molar-refractivity contribution is 7.11. The van der Waals surface area contributed by atoms with E-state index < -0.39 is 0 Å². The summed E-state index contributed by atoms with van der Waals surface area (Å²) < 4.78 is 5.78. The summed E-state index contributed by atoms with van der Waals surface area (Å²) >= 11 is 1.78. The molecule has 0 spiro atoms. The van der Waals surface area contributed by atoms with Gasteiger partial charge in [0.2, 0.25) is 0 Å². The monoisotopic (exact) mass is 327 g/mol. The van der Waals surface area contributed by atoms with Crippen molar-refractivity contribution in [2.75, 3.05) is 13.1 Å². The van der Waals surface area contributed by atoms with E-state index in [0.717, 1.165) is 31.1 Å². The standard InChI is InChI=1S/C18H21N3OS/c1-13-10-21(11-14(2)22-13)12-17-9-20-18(23-17)7-15-3-5-16(8-19)6-4-15/h3-6,9,13-14H,7,10-12H2,1-2H3. The number of benzene rings is 1. The van der Waals surface area contributed by atoms with Crippen LogP contribution in [0.2, 0.25) is 0 Å². The van der Waals surface area contributed by atoms with Crippen LogP contribution in [-0.4, -0.2) is 35.2 Å². The lowest BCUT2D eigenvalue weighted by Gasteiger charge is -2.34. The number of thiazole rings is 1. The molecule has 1 aliphatic heterocycles. The Morgan fingerprint density at radius 1 is 1.26 bits per heavy atom. The van der Waals surface area contributed by atoms with Crippen LogP contribution >= 0.6 is 11.3 Å². The molecule has 1 fully saturated rings. The molecular formula is C18H21N3OS. The highest BCUT2D eigenvalue weighted by atomic mass is 32.1. The van der Waals surface area contributed by atoms with Crippen LogP contribution in [0.25, 0.3) is 0 Å². The maximum Gasteiger partial charge on any atom is 0.0991 e. The van der Waals surface area contributed by atoms with E-state index in [1.807, 2.05) is 30.5 Å². The smallest absolute Gasteiger partial charge is 0.0991 e. The van der Waals surface area contributed by atoms with Crippen LogP contribution in [0.3, 0.4) is 0 Å². The summed E-state index contributed by atoms with van der Waals surface area (Å²) in [5.41, 5.74) is 1.89. The van der Waals surface area contributed by atoms with Gasteiger partial charge in [0.05, 0.1) is 28.8 Å². The third-order valence-electron chi connectivity index (χ3n) is 3.91. The van der Waals surface area contributed by atoms with Crippen molar-refractivity contribution < 1.29 is 4.74 Å². The molecule has 1 aromatic carbocycles. The average molecular weight is 327 g/mol. The molecular weight excluding hydrogens is 306 g/mol. The van der Waals surface area contributed by atoms with Crippen molar-refractivity contribution in [2.45, 2.75) is 39.0 Å². The van der Waals surface area contributed by atoms with Crippen LogP contribution < -0.4 is 0 Å². The zero-order valence-electron chi connectivity index (χ0n) is 13.5. The molecule has 1 aromatic heterocycles. The number of hydrogen-bond acceptors (Lipinski definition) is 5. The number of hydrogen-bond donors (Lipinski definition) is 0. The van der Waals surface area contributed by atoms with Crippen LogP contribution in [0.1, 0.15) is 34.9 Å². The second-order valence-corrected chi connectivity index (χ2v) is 7.36. The van der Waals surface area contributed by atoms with Gasteiger partial charge in [-0.2, -0.15) is 5.26 Å². The predicted molar refractivity (Wildman–Crippen MR) is 91.4 cm³/mol. The number of aromatic nitrogens is 1. The minimum absolute atomic E-state index is 0.296. The average Bonchev–Trinajstić information content (AvgIpc) is 2.94. The van der Waals surface area contributed by atoms with Crippen LogP contribution in [0.4, 0.5) is 0 Å². The van der Waals surface area contributed by atoms with Gasteiger partial charge in [-0.1, -0.05) is 12.1 Å². The maximum absolute atomic E-state index is 8.84. The van der Waals surface area contributed by atoms with E-state index >= 15 is 0 Å². The van der Waals surface area contributed by atoms with Gasteiger partial charge in [0.25, 0.3) is 0 Å². The molecule has 23 heavy (non-hydrogen) atoms. The van der Waals surface area contributed by atoms with E-state index in [4.69, 9.17) is 10.00 Å². The van der Waals surface area contributed by atoms with Crippen molar-refractivity contribution in [3.05, 3.63) is 51.5 Å². The summed E-state index contributed by atoms with van der Waals surface area (Å²) in [6.07, 6.45) is 3.41. The van der Waals surface area contributed by atoms with Crippen molar-refractivity contribution in [3.63, 3.8) is 0 Å². The molecule has 5 heteroatoms. The Bertz CT molecular complexity index is 679. The number of morpholine rings is 1. The van der Waals surface area contributed by atoms with Gasteiger partial charge in [0.1, 0.15) is 0 Å². The molecule has 0 bridgehead atoms. The Kier molecular flexibility index (Phi) is 5.06. The highest BCUT2D eigenvalue weighted by Crippen LogP contribution is 2.21. The Hall–Kier alpha value is -1.74. The first-order valence-electron chi connectivity index (χ1n) is 7.93. The molecule has 2 aromatic rings. The van der Waals surface area contributed by atoms with Gasteiger partial charge >= 0.3 is 0 Å². The lowest BCUT2D eigenvalue weighted by molar-refractivity contribution is -0.0702. The van der Waals surface area contributed by atoms with Crippen molar-refractivity contribution in [1.29, 1.82) is 5.26 Å². The maximum atomic E-state index is 8.84. The molecule has 1 saturated heterocycles. The molecule has 0 amide bonds. The minimum atomic E-state index is 0.296. The van der Waals surface area contributed by atoms with E-state index in [0.29, 0.717) is 17.8 Å². The Balaban J connectivity index is 1.60. The summed E-state index contributed by atoms with van der Waals surface area (Å²) in [7, 11) is 0. The van der Waals surface area contributed by atoms with E-state index in [2.05, 4.69) is 29.8 Å². The predicted octanol–water partition coefficient (Wildman–Crippen LogP) is 3.21. The molecule has 2 unspecified atom stereocenters. The number of ether oxygens (including phenoxy) is 1. The van der Waals surface area contributed by atoms with Crippen molar-refractivity contribution in [1.82, 2.24) is 9.88 Å². The molecule has 2 heterocycles. The number of nitriles is 1. The zero-order valence-corrected chi connectivity index (χ0v) is 14.3. The normalized spacial score (nSPS) is 22.0. The summed E-state index contributed by atoms with van der Waals surface area (Å²) in [4.78, 5) is 8.30. The Morgan fingerprint density at radius 2 is 1.96 bits per heavy atom. The summed E-state index contributed by atoms with van der Waals surface area (Å²) in [6, 6.07) is 9.88. The van der Waals surface area contributed by atoms with E-state index in [9.17, 15) is 0 Å². The molecule has 3 rings (SSSR count). The van der Waals surface area contributed by atoms with Gasteiger partial charge in [-0.15, -0.1) is 11.3 Å². The molecule has 1 aliphatic rings. The van der Waals surface area contributed by atoms with Gasteiger partial charge in [-0.25, -0.2) is 4.98 Å². The lowest BCUT2D eigenvalue weighted by atomic mass is 10.1. The molecule has 4 nitrogen and oxygen atoms in total. The fourth-order valence-electron chi connectivity index (χ4n) is 3.01. The highest BCUT2D eigenvalue weighted by Gasteiger charge is 2.22. The van der Waals surface area contributed by atoms with Crippen LogP contribution in [0.5, 0.6) is 0 Å². The first-order chi connectivity index (χ1) is 11.1. The quantitative estimate of drug-likeness (QED) is 0.865. The van der Waals surface area contributed by atoms with Gasteiger partial charge in [0, 0.05) is 37.1 Å². The number of nitrogens with zero attached hydrogens (tertiary/aromatic N) is 3. The SMILES string of the molecule is CC1CN(Cc2cnc(Cc3ccc(C#N)cc3)s2)CC(C)O1. The zero-order chi connectivity index (χ0) is 16.2. The van der Waals surface area contributed by atoms with E-state index in [-0.39, 0.29) is 0 Å². The molecule has 0 saturated carbocycles. The van der Waals surface area contributed by atoms with Crippen LogP contribution in [0.15, 0.2) is 30.5 Å². The second-order valence-electron chi connectivity index (χ2n) is 6.16. The molecule has 0 aliphatic carbocycles. The van der Waals surface area contributed by atoms with Gasteiger partial charge in [-0.3, -0.25) is 4.90 Å². The second kappa shape index (κ2) is 7.22. The third-order valence-corrected chi connectivity index (χ3v) is 4.90. The minimum Gasteiger partial charge on any atom is -0.373 e. The molecule has 0 N–H and O–H groups in total. The first-order valence-corrected chi connectivity index (χ1v) is 8.74. The topological polar surface area (TPSA) is 49.2 Å². The Labute approximate surface area is 141 Å². The molecule has 2 atom stereocenters. The van der Waals surface area contributed by atoms with Crippen molar-refractivity contribution in [2.24, 2.45) is 0 Å². The van der Waals surface area contributed by atoms with E-state index in [1.165, 1.54) is 10.4 Å². The summed E-state index contributed by atoms with van der Waals surface area (Å²) in [5, 5.41) is 9.96.